The molecule has 8 aromatic carbocycles. The molecule has 0 aliphatic rings. The minimum absolute atomic E-state index is 0.0346. The average molecular weight is 878 g/mol. The molecule has 0 atom stereocenters. The lowest BCUT2D eigenvalue weighted by atomic mass is 9.86. The average Bonchev–Trinajstić information content (AvgIpc) is 3.88. The first-order valence-electron chi connectivity index (χ1n) is 23.0. The SMILES string of the molecule is CC(C)(C)c1ccc2c(c1)c1ccccc1n2-c1cc(-c2nc(-c3ccccc3)nc(-c3ccc(-c4ccc(C#N)cc4)c(-n4c5ccccc5c5cc(C(C)(C)C)ccc54)c3)n2)ccc1C#N. The number of hydrogen-bond acceptors (Lipinski definition) is 5. The van der Waals surface area contributed by atoms with E-state index in [1.807, 2.05) is 78.9 Å². The highest BCUT2D eigenvalue weighted by molar-refractivity contribution is 6.11. The van der Waals surface area contributed by atoms with Crippen LogP contribution < -0.4 is 0 Å². The second kappa shape index (κ2) is 16.0. The number of aromatic nitrogens is 5. The van der Waals surface area contributed by atoms with E-state index >= 15 is 0 Å². The van der Waals surface area contributed by atoms with Crippen LogP contribution in [0.25, 0.3) is 100 Å². The molecule has 326 valence electrons. The minimum Gasteiger partial charge on any atom is -0.309 e. The standard InChI is InChI=1S/C61H47N7/c1-60(2,3)44-27-30-53-49(34-44)47-16-10-12-18-51(47)67(53)55-32-41(24-25-43(55)37-63)58-64-57(40-14-8-7-9-15-40)65-59(66-58)42-26-29-46(39-22-20-38(36-62)21-23-39)56(33-42)68-52-19-13-11-17-48(52)50-35-45(61(4,5)6)28-31-54(50)68/h7-35H,1-6H3. The number of fused-ring (bicyclic) bond motifs is 6. The Bertz CT molecular complexity index is 3880. The van der Waals surface area contributed by atoms with Crippen molar-refractivity contribution in [3.05, 3.63) is 198 Å². The van der Waals surface area contributed by atoms with Crippen LogP contribution in [0, 0.1) is 22.7 Å². The van der Waals surface area contributed by atoms with Crippen LogP contribution >= 0.6 is 0 Å². The molecule has 0 spiro atoms. The van der Waals surface area contributed by atoms with Gasteiger partial charge in [-0.15, -0.1) is 0 Å². The van der Waals surface area contributed by atoms with E-state index < -0.39 is 0 Å². The summed E-state index contributed by atoms with van der Waals surface area (Å²) < 4.78 is 4.54. The van der Waals surface area contributed by atoms with Crippen LogP contribution in [0.5, 0.6) is 0 Å². The Morgan fingerprint density at radius 1 is 0.382 bits per heavy atom. The normalized spacial score (nSPS) is 11.9. The maximum atomic E-state index is 10.7. The van der Waals surface area contributed by atoms with Gasteiger partial charge < -0.3 is 9.13 Å². The Kier molecular flexibility index (Phi) is 9.92. The largest absolute Gasteiger partial charge is 0.309 e. The molecule has 11 rings (SSSR count). The summed E-state index contributed by atoms with van der Waals surface area (Å²) in [5, 5.41) is 25.0. The van der Waals surface area contributed by atoms with Crippen molar-refractivity contribution in [3.63, 3.8) is 0 Å². The summed E-state index contributed by atoms with van der Waals surface area (Å²) in [4.78, 5) is 15.7. The third-order valence-electron chi connectivity index (χ3n) is 13.2. The molecule has 0 N–H and O–H groups in total. The van der Waals surface area contributed by atoms with Crippen LogP contribution in [0.3, 0.4) is 0 Å². The first-order valence-corrected chi connectivity index (χ1v) is 23.0. The molecule has 68 heavy (non-hydrogen) atoms. The van der Waals surface area contributed by atoms with Crippen LogP contribution in [0.1, 0.15) is 63.8 Å². The van der Waals surface area contributed by atoms with Crippen LogP contribution in [0.2, 0.25) is 0 Å². The molecule has 11 aromatic rings. The van der Waals surface area contributed by atoms with Gasteiger partial charge in [-0.3, -0.25) is 0 Å². The fourth-order valence-corrected chi connectivity index (χ4v) is 9.52. The highest BCUT2D eigenvalue weighted by Crippen LogP contribution is 2.41. The first kappa shape index (κ1) is 42.0. The van der Waals surface area contributed by atoms with Crippen LogP contribution in [-0.2, 0) is 10.8 Å². The second-order valence-electron chi connectivity index (χ2n) is 19.6. The zero-order valence-corrected chi connectivity index (χ0v) is 38.9. The van der Waals surface area contributed by atoms with Crippen molar-refractivity contribution in [1.29, 1.82) is 10.5 Å². The fourth-order valence-electron chi connectivity index (χ4n) is 9.52. The molecular weight excluding hydrogens is 831 g/mol. The smallest absolute Gasteiger partial charge is 0.164 e. The number of rotatable bonds is 6. The van der Waals surface area contributed by atoms with Crippen molar-refractivity contribution in [2.75, 3.05) is 0 Å². The van der Waals surface area contributed by atoms with E-state index in [0.29, 0.717) is 28.6 Å². The van der Waals surface area contributed by atoms with Gasteiger partial charge in [0, 0.05) is 43.8 Å². The van der Waals surface area contributed by atoms with Crippen molar-refractivity contribution >= 4 is 43.6 Å². The zero-order chi connectivity index (χ0) is 46.9. The van der Waals surface area contributed by atoms with Crippen molar-refractivity contribution in [2.45, 2.75) is 52.4 Å². The molecule has 0 radical (unpaired) electrons. The van der Waals surface area contributed by atoms with E-state index in [1.54, 1.807) is 0 Å². The lowest BCUT2D eigenvalue weighted by molar-refractivity contribution is 0.591. The van der Waals surface area contributed by atoms with Gasteiger partial charge in [0.15, 0.2) is 17.5 Å². The summed E-state index contributed by atoms with van der Waals surface area (Å²) in [5.74, 6) is 1.53. The van der Waals surface area contributed by atoms with Crippen molar-refractivity contribution in [1.82, 2.24) is 24.1 Å². The maximum Gasteiger partial charge on any atom is 0.164 e. The lowest BCUT2D eigenvalue weighted by Gasteiger charge is -2.20. The van der Waals surface area contributed by atoms with Crippen molar-refractivity contribution < 1.29 is 0 Å². The lowest BCUT2D eigenvalue weighted by Crippen LogP contribution is -2.10. The second-order valence-corrected chi connectivity index (χ2v) is 19.6. The van der Waals surface area contributed by atoms with Gasteiger partial charge in [-0.05, 0) is 100 Å². The minimum atomic E-state index is -0.0354. The molecule has 0 bridgehead atoms. The summed E-state index contributed by atoms with van der Waals surface area (Å²) >= 11 is 0. The van der Waals surface area contributed by atoms with Gasteiger partial charge in [-0.1, -0.05) is 145 Å². The van der Waals surface area contributed by atoms with Gasteiger partial charge in [-0.2, -0.15) is 10.5 Å². The Morgan fingerprint density at radius 2 is 0.838 bits per heavy atom. The number of nitriles is 2. The number of benzene rings is 8. The molecule has 7 nitrogen and oxygen atoms in total. The monoisotopic (exact) mass is 877 g/mol. The molecule has 3 aromatic heterocycles. The number of para-hydroxylation sites is 2. The van der Waals surface area contributed by atoms with Gasteiger partial charge in [0.2, 0.25) is 0 Å². The summed E-state index contributed by atoms with van der Waals surface area (Å²) in [7, 11) is 0. The molecule has 3 heterocycles. The summed E-state index contributed by atoms with van der Waals surface area (Å²) in [5.41, 5.74) is 13.9. The third kappa shape index (κ3) is 7.17. The highest BCUT2D eigenvalue weighted by Gasteiger charge is 2.23. The number of nitrogens with zero attached hydrogens (tertiary/aromatic N) is 7. The summed E-state index contributed by atoms with van der Waals surface area (Å²) in [6.07, 6.45) is 0. The van der Waals surface area contributed by atoms with Crippen LogP contribution in [0.4, 0.5) is 0 Å². The van der Waals surface area contributed by atoms with Gasteiger partial charge in [0.1, 0.15) is 6.07 Å². The highest BCUT2D eigenvalue weighted by atomic mass is 15.0. The molecule has 0 fully saturated rings. The Balaban J connectivity index is 1.14. The van der Waals surface area contributed by atoms with Crippen molar-refractivity contribution in [2.24, 2.45) is 0 Å². The van der Waals surface area contributed by atoms with Crippen LogP contribution in [0.15, 0.2) is 176 Å². The number of hydrogen-bond donors (Lipinski definition) is 0. The molecular formula is C61H47N7. The molecule has 0 amide bonds. The van der Waals surface area contributed by atoms with Crippen molar-refractivity contribution in [3.8, 4) is 68.8 Å². The van der Waals surface area contributed by atoms with Gasteiger partial charge in [0.25, 0.3) is 0 Å². The van der Waals surface area contributed by atoms with Gasteiger partial charge >= 0.3 is 0 Å². The topological polar surface area (TPSA) is 96.1 Å². The predicted molar refractivity (Wildman–Crippen MR) is 277 cm³/mol. The van der Waals surface area contributed by atoms with E-state index in [0.717, 1.165) is 77.4 Å². The first-order chi connectivity index (χ1) is 32.9. The van der Waals surface area contributed by atoms with Gasteiger partial charge in [-0.25, -0.2) is 15.0 Å². The molecule has 0 aliphatic carbocycles. The predicted octanol–water partition coefficient (Wildman–Crippen LogP) is 15.1. The molecule has 0 saturated carbocycles. The Labute approximate surface area is 395 Å². The maximum absolute atomic E-state index is 10.7. The quantitative estimate of drug-likeness (QED) is 0.166. The third-order valence-corrected chi connectivity index (χ3v) is 13.2. The summed E-state index contributed by atoms with van der Waals surface area (Å²) in [6.45, 7) is 13.4. The summed E-state index contributed by atoms with van der Waals surface area (Å²) in [6, 6.07) is 65.2. The van der Waals surface area contributed by atoms with E-state index in [9.17, 15) is 10.5 Å². The fraction of sp³-hybridized carbons (Fsp3) is 0.131. The van der Waals surface area contributed by atoms with E-state index in [1.165, 1.54) is 16.5 Å². The molecule has 7 heteroatoms. The molecule has 0 aliphatic heterocycles. The van der Waals surface area contributed by atoms with E-state index in [4.69, 9.17) is 15.0 Å². The van der Waals surface area contributed by atoms with E-state index in [-0.39, 0.29) is 10.8 Å². The van der Waals surface area contributed by atoms with Gasteiger partial charge in [0.05, 0.1) is 50.6 Å². The molecule has 0 saturated heterocycles. The Morgan fingerprint density at radius 3 is 1.37 bits per heavy atom. The van der Waals surface area contributed by atoms with E-state index in [2.05, 4.69) is 160 Å². The van der Waals surface area contributed by atoms with Crippen LogP contribution in [-0.4, -0.2) is 24.1 Å². The molecule has 0 unspecified atom stereocenters. The zero-order valence-electron chi connectivity index (χ0n) is 38.9. The Hall–Kier alpha value is -8.65.